The first-order valence-corrected chi connectivity index (χ1v) is 10.1. The number of rotatable bonds is 6. The van der Waals surface area contributed by atoms with E-state index in [1.807, 2.05) is 12.1 Å². The maximum Gasteiger partial charge on any atom is 0.573 e. The topological polar surface area (TPSA) is 35.5 Å². The number of esters is 1. The second-order valence-corrected chi connectivity index (χ2v) is 7.66. The highest BCUT2D eigenvalue weighted by atomic mass is 19.4. The highest BCUT2D eigenvalue weighted by Gasteiger charge is 2.32. The predicted octanol–water partition coefficient (Wildman–Crippen LogP) is 7.02. The second-order valence-electron chi connectivity index (χ2n) is 7.66. The molecule has 0 N–H and O–H groups in total. The lowest BCUT2D eigenvalue weighted by molar-refractivity contribution is -0.275. The molecule has 2 aromatic carbocycles. The van der Waals surface area contributed by atoms with Crippen molar-refractivity contribution in [3.8, 4) is 11.5 Å². The third kappa shape index (κ3) is 5.97. The molecule has 0 spiro atoms. The minimum Gasteiger partial charge on any atom is -0.423 e. The Morgan fingerprint density at radius 2 is 1.70 bits per heavy atom. The maximum absolute atomic E-state index is 13.8. The van der Waals surface area contributed by atoms with Crippen molar-refractivity contribution in [2.24, 2.45) is 5.92 Å². The van der Waals surface area contributed by atoms with Crippen LogP contribution in [0, 0.1) is 11.7 Å². The number of alkyl halides is 3. The standard InChI is InChI=1S/C23H24F4O3/c1-2-3-15-4-6-16(7-5-15)17-8-10-18(11-9-17)22(28)29-19-12-13-21(20(24)14-19)30-23(25,26)27/h8-16H,2-7H2,1H3/t15-,16-. The average Bonchev–Trinajstić information content (AvgIpc) is 2.70. The van der Waals surface area contributed by atoms with Crippen LogP contribution in [0.1, 0.15) is 67.3 Å². The highest BCUT2D eigenvalue weighted by Crippen LogP contribution is 2.37. The van der Waals surface area contributed by atoms with Crippen LogP contribution in [0.2, 0.25) is 0 Å². The Morgan fingerprint density at radius 1 is 1.03 bits per heavy atom. The summed E-state index contributed by atoms with van der Waals surface area (Å²) in [6.45, 7) is 2.21. The maximum atomic E-state index is 13.8. The van der Waals surface area contributed by atoms with Gasteiger partial charge in [-0.05, 0) is 67.3 Å². The summed E-state index contributed by atoms with van der Waals surface area (Å²) in [5.41, 5.74) is 1.47. The fraction of sp³-hybridized carbons (Fsp3) is 0.435. The number of hydrogen-bond acceptors (Lipinski definition) is 3. The van der Waals surface area contributed by atoms with Crippen molar-refractivity contribution in [1.82, 2.24) is 0 Å². The number of benzene rings is 2. The van der Waals surface area contributed by atoms with Gasteiger partial charge in [0.05, 0.1) is 5.56 Å². The summed E-state index contributed by atoms with van der Waals surface area (Å²) in [6.07, 6.45) is 2.22. The molecular weight excluding hydrogens is 400 g/mol. The largest absolute Gasteiger partial charge is 0.573 e. The van der Waals surface area contributed by atoms with Crippen molar-refractivity contribution in [2.75, 3.05) is 0 Å². The summed E-state index contributed by atoms with van der Waals surface area (Å²) in [4.78, 5) is 12.3. The smallest absolute Gasteiger partial charge is 0.423 e. The van der Waals surface area contributed by atoms with Gasteiger partial charge in [-0.3, -0.25) is 0 Å². The zero-order valence-corrected chi connectivity index (χ0v) is 16.7. The van der Waals surface area contributed by atoms with Crippen LogP contribution in [0.4, 0.5) is 17.6 Å². The van der Waals surface area contributed by atoms with Crippen LogP contribution in [0.5, 0.6) is 11.5 Å². The van der Waals surface area contributed by atoms with Crippen molar-refractivity contribution >= 4 is 5.97 Å². The molecule has 0 aliphatic heterocycles. The lowest BCUT2D eigenvalue weighted by Crippen LogP contribution is -2.18. The Bertz CT molecular complexity index is 854. The minimum absolute atomic E-state index is 0.203. The van der Waals surface area contributed by atoms with E-state index in [4.69, 9.17) is 4.74 Å². The molecule has 0 atom stereocenters. The molecule has 0 amide bonds. The highest BCUT2D eigenvalue weighted by molar-refractivity contribution is 5.91. The van der Waals surface area contributed by atoms with Gasteiger partial charge in [-0.15, -0.1) is 13.2 Å². The van der Waals surface area contributed by atoms with Crippen molar-refractivity contribution in [1.29, 1.82) is 0 Å². The molecule has 162 valence electrons. The molecule has 2 aromatic rings. The SMILES string of the molecule is CCC[C@H]1CC[C@H](c2ccc(C(=O)Oc3ccc(OC(F)(F)F)c(F)c3)cc2)CC1. The van der Waals surface area contributed by atoms with Crippen LogP contribution in [0.15, 0.2) is 42.5 Å². The first-order valence-electron chi connectivity index (χ1n) is 10.1. The Labute approximate surface area is 173 Å². The number of halogens is 4. The molecule has 1 saturated carbocycles. The van der Waals surface area contributed by atoms with Gasteiger partial charge in [0, 0.05) is 6.07 Å². The monoisotopic (exact) mass is 424 g/mol. The van der Waals surface area contributed by atoms with E-state index in [2.05, 4.69) is 11.7 Å². The first kappa shape index (κ1) is 22.1. The van der Waals surface area contributed by atoms with Crippen molar-refractivity contribution in [2.45, 2.75) is 57.7 Å². The molecule has 0 heterocycles. The van der Waals surface area contributed by atoms with E-state index in [9.17, 15) is 22.4 Å². The molecule has 0 bridgehead atoms. The molecular formula is C23H24F4O3. The Hall–Kier alpha value is -2.57. The Kier molecular flexibility index (Phi) is 7.00. The van der Waals surface area contributed by atoms with E-state index in [1.54, 1.807) is 12.1 Å². The fourth-order valence-corrected chi connectivity index (χ4v) is 4.00. The van der Waals surface area contributed by atoms with E-state index in [0.29, 0.717) is 12.0 Å². The molecule has 3 nitrogen and oxygen atoms in total. The summed E-state index contributed by atoms with van der Waals surface area (Å²) in [7, 11) is 0. The van der Waals surface area contributed by atoms with Gasteiger partial charge >= 0.3 is 12.3 Å². The van der Waals surface area contributed by atoms with Crippen molar-refractivity contribution in [3.63, 3.8) is 0 Å². The van der Waals surface area contributed by atoms with Crippen LogP contribution in [-0.4, -0.2) is 12.3 Å². The summed E-state index contributed by atoms with van der Waals surface area (Å²) < 4.78 is 59.0. The lowest BCUT2D eigenvalue weighted by Gasteiger charge is -2.28. The van der Waals surface area contributed by atoms with E-state index >= 15 is 0 Å². The molecule has 0 aromatic heterocycles. The van der Waals surface area contributed by atoms with Gasteiger partial charge in [-0.1, -0.05) is 31.9 Å². The summed E-state index contributed by atoms with van der Waals surface area (Å²) >= 11 is 0. The number of carbonyl (C=O) groups excluding carboxylic acids is 1. The van der Waals surface area contributed by atoms with Gasteiger partial charge in [-0.2, -0.15) is 0 Å². The van der Waals surface area contributed by atoms with Crippen LogP contribution in [0.3, 0.4) is 0 Å². The predicted molar refractivity (Wildman–Crippen MR) is 104 cm³/mol. The van der Waals surface area contributed by atoms with E-state index in [-0.39, 0.29) is 11.3 Å². The van der Waals surface area contributed by atoms with Gasteiger partial charge in [-0.25, -0.2) is 9.18 Å². The zero-order chi connectivity index (χ0) is 21.7. The molecule has 1 aliphatic carbocycles. The lowest BCUT2D eigenvalue weighted by atomic mass is 9.77. The van der Waals surface area contributed by atoms with E-state index in [0.717, 1.165) is 30.9 Å². The van der Waals surface area contributed by atoms with Gasteiger partial charge in [0.25, 0.3) is 0 Å². The number of ether oxygens (including phenoxy) is 2. The normalized spacial score (nSPS) is 19.4. The van der Waals surface area contributed by atoms with Crippen LogP contribution in [-0.2, 0) is 0 Å². The molecule has 1 fully saturated rings. The Balaban J connectivity index is 1.59. The second kappa shape index (κ2) is 9.49. The number of hydrogen-bond donors (Lipinski definition) is 0. The van der Waals surface area contributed by atoms with E-state index < -0.39 is 23.9 Å². The van der Waals surface area contributed by atoms with Crippen molar-refractivity contribution in [3.05, 3.63) is 59.4 Å². The molecule has 0 unspecified atom stereocenters. The van der Waals surface area contributed by atoms with Crippen LogP contribution >= 0.6 is 0 Å². The van der Waals surface area contributed by atoms with Gasteiger partial charge in [0.1, 0.15) is 5.75 Å². The fourth-order valence-electron chi connectivity index (χ4n) is 4.00. The molecule has 1 aliphatic rings. The van der Waals surface area contributed by atoms with Gasteiger partial charge < -0.3 is 9.47 Å². The molecule has 0 radical (unpaired) electrons. The van der Waals surface area contributed by atoms with Crippen molar-refractivity contribution < 1.29 is 31.8 Å². The minimum atomic E-state index is -5.00. The molecule has 0 saturated heterocycles. The zero-order valence-electron chi connectivity index (χ0n) is 16.7. The average molecular weight is 424 g/mol. The molecule has 7 heteroatoms. The Morgan fingerprint density at radius 3 is 2.27 bits per heavy atom. The van der Waals surface area contributed by atoms with Gasteiger partial charge in [0.2, 0.25) is 0 Å². The van der Waals surface area contributed by atoms with Crippen LogP contribution in [0.25, 0.3) is 0 Å². The van der Waals surface area contributed by atoms with Gasteiger partial charge in [0.15, 0.2) is 11.6 Å². The first-order chi connectivity index (χ1) is 14.2. The summed E-state index contributed by atoms with van der Waals surface area (Å²) in [5, 5.41) is 0. The molecule has 30 heavy (non-hydrogen) atoms. The molecule has 3 rings (SSSR count). The van der Waals surface area contributed by atoms with E-state index in [1.165, 1.54) is 31.2 Å². The quantitative estimate of drug-likeness (QED) is 0.284. The van der Waals surface area contributed by atoms with Crippen LogP contribution < -0.4 is 9.47 Å². The third-order valence-corrected chi connectivity index (χ3v) is 5.50. The summed E-state index contributed by atoms with van der Waals surface area (Å²) in [6, 6.07) is 9.63. The summed E-state index contributed by atoms with van der Waals surface area (Å²) in [5.74, 6) is -1.87. The number of carbonyl (C=O) groups is 1. The third-order valence-electron chi connectivity index (χ3n) is 5.50.